The fourth-order valence-corrected chi connectivity index (χ4v) is 2.14. The molecule has 0 aliphatic carbocycles. The summed E-state index contributed by atoms with van der Waals surface area (Å²) in [5, 5.41) is 0. The van der Waals surface area contributed by atoms with Crippen LogP contribution in [0.4, 0.5) is 0 Å². The van der Waals surface area contributed by atoms with Crippen molar-refractivity contribution < 1.29 is 19.1 Å². The summed E-state index contributed by atoms with van der Waals surface area (Å²) in [4.78, 5) is 27.7. The van der Waals surface area contributed by atoms with Gasteiger partial charge in [0.05, 0.1) is 24.4 Å². The third-order valence-corrected chi connectivity index (χ3v) is 3.14. The van der Waals surface area contributed by atoms with Crippen molar-refractivity contribution in [1.29, 1.82) is 0 Å². The number of aromatic nitrogens is 1. The first kappa shape index (κ1) is 14.5. The van der Waals surface area contributed by atoms with Gasteiger partial charge in [0, 0.05) is 17.7 Å². The van der Waals surface area contributed by atoms with E-state index in [-0.39, 0.29) is 23.5 Å². The van der Waals surface area contributed by atoms with E-state index >= 15 is 0 Å². The van der Waals surface area contributed by atoms with Crippen molar-refractivity contribution in [2.75, 3.05) is 6.61 Å². The topological polar surface area (TPSA) is 91.5 Å². The van der Waals surface area contributed by atoms with Crippen LogP contribution in [0.5, 0.6) is 0 Å². The molecule has 0 fully saturated rings. The molecule has 6 heteroatoms. The van der Waals surface area contributed by atoms with Crippen LogP contribution in [0.25, 0.3) is 0 Å². The van der Waals surface area contributed by atoms with Crippen molar-refractivity contribution in [1.82, 2.24) is 4.98 Å². The summed E-state index contributed by atoms with van der Waals surface area (Å²) >= 11 is 0. The quantitative estimate of drug-likeness (QED) is 0.839. The summed E-state index contributed by atoms with van der Waals surface area (Å²) < 4.78 is 10.6. The lowest BCUT2D eigenvalue weighted by atomic mass is 9.94. The van der Waals surface area contributed by atoms with Crippen molar-refractivity contribution in [3.8, 4) is 0 Å². The molecule has 0 aromatic carbocycles. The molecule has 6 nitrogen and oxygen atoms in total. The van der Waals surface area contributed by atoms with Gasteiger partial charge in [0.1, 0.15) is 0 Å². The van der Waals surface area contributed by atoms with Crippen molar-refractivity contribution in [2.45, 2.75) is 39.4 Å². The first-order valence-electron chi connectivity index (χ1n) is 6.47. The van der Waals surface area contributed by atoms with E-state index in [1.165, 1.54) is 0 Å². The molecule has 2 heterocycles. The minimum Gasteiger partial charge on any atom is -0.461 e. The van der Waals surface area contributed by atoms with Crippen molar-refractivity contribution >= 4 is 11.9 Å². The maximum Gasteiger partial charge on any atom is 0.357 e. The third-order valence-electron chi connectivity index (χ3n) is 3.14. The van der Waals surface area contributed by atoms with Crippen LogP contribution in [0.2, 0.25) is 0 Å². The number of rotatable bonds is 3. The molecule has 0 unspecified atom stereocenters. The molecule has 1 aliphatic heterocycles. The van der Waals surface area contributed by atoms with Gasteiger partial charge < -0.3 is 15.2 Å². The lowest BCUT2D eigenvalue weighted by Crippen LogP contribution is -2.33. The molecule has 2 N–H and O–H groups in total. The number of esters is 1. The van der Waals surface area contributed by atoms with Gasteiger partial charge in [-0.1, -0.05) is 0 Å². The second-order valence-electron chi connectivity index (χ2n) is 5.30. The molecular formula is C14H18N2O4. The van der Waals surface area contributed by atoms with Gasteiger partial charge in [0.2, 0.25) is 0 Å². The summed E-state index contributed by atoms with van der Waals surface area (Å²) in [6, 6.07) is 1.58. The van der Waals surface area contributed by atoms with E-state index in [9.17, 15) is 9.59 Å². The van der Waals surface area contributed by atoms with Gasteiger partial charge in [-0.05, 0) is 26.8 Å². The van der Waals surface area contributed by atoms with Gasteiger partial charge in [-0.2, -0.15) is 0 Å². The minimum absolute atomic E-state index is 0.0178. The Kier molecular flexibility index (Phi) is 3.76. The highest BCUT2D eigenvalue weighted by molar-refractivity contribution is 6.03. The zero-order chi connectivity index (χ0) is 14.9. The van der Waals surface area contributed by atoms with Gasteiger partial charge in [0.25, 0.3) is 5.91 Å². The lowest BCUT2D eigenvalue weighted by Gasteiger charge is -2.31. The normalized spacial score (nSPS) is 16.4. The summed E-state index contributed by atoms with van der Waals surface area (Å²) in [5.74, 6) is -1.33. The molecule has 0 saturated heterocycles. The molecule has 1 aromatic heterocycles. The number of amides is 1. The van der Waals surface area contributed by atoms with Crippen LogP contribution < -0.4 is 5.73 Å². The molecule has 108 valence electrons. The highest BCUT2D eigenvalue weighted by atomic mass is 16.5. The van der Waals surface area contributed by atoms with Crippen LogP contribution >= 0.6 is 0 Å². The average Bonchev–Trinajstić information content (AvgIpc) is 2.36. The average molecular weight is 278 g/mol. The Balaban J connectivity index is 2.50. The standard InChI is InChI=1S/C14H18N2O4/c1-4-19-13(18)11-9(12(15)17)5-8-7-20-14(2,3)6-10(8)16-11/h5H,4,6-7H2,1-3H3,(H2,15,17). The monoisotopic (exact) mass is 278 g/mol. The predicted octanol–water partition coefficient (Wildman–Crippen LogP) is 1.21. The number of fused-ring (bicyclic) bond motifs is 1. The van der Waals surface area contributed by atoms with E-state index in [4.69, 9.17) is 15.2 Å². The fourth-order valence-electron chi connectivity index (χ4n) is 2.14. The van der Waals surface area contributed by atoms with E-state index in [0.29, 0.717) is 13.0 Å². The smallest absolute Gasteiger partial charge is 0.357 e. The van der Waals surface area contributed by atoms with Crippen LogP contribution in [0, 0.1) is 0 Å². The Bertz CT molecular complexity index is 567. The Hall–Kier alpha value is -1.95. The SMILES string of the molecule is CCOC(=O)c1nc2c(cc1C(N)=O)COC(C)(C)C2. The number of nitrogens with zero attached hydrogens (tertiary/aromatic N) is 1. The number of hydrogen-bond donors (Lipinski definition) is 1. The van der Waals surface area contributed by atoms with Gasteiger partial charge in [-0.25, -0.2) is 9.78 Å². The zero-order valence-electron chi connectivity index (χ0n) is 11.9. The number of nitrogens with two attached hydrogens (primary N) is 1. The number of primary amides is 1. The maximum absolute atomic E-state index is 11.9. The summed E-state index contributed by atoms with van der Waals surface area (Å²) in [6.45, 7) is 6.15. The number of carbonyl (C=O) groups is 2. The minimum atomic E-state index is -0.701. The van der Waals surface area contributed by atoms with Crippen LogP contribution in [-0.2, 0) is 22.5 Å². The molecule has 0 atom stereocenters. The molecule has 2 rings (SSSR count). The summed E-state index contributed by atoms with van der Waals surface area (Å²) in [7, 11) is 0. The Morgan fingerprint density at radius 1 is 1.50 bits per heavy atom. The first-order valence-corrected chi connectivity index (χ1v) is 6.47. The van der Waals surface area contributed by atoms with Crippen LogP contribution in [0.1, 0.15) is 52.9 Å². The number of pyridine rings is 1. The van der Waals surface area contributed by atoms with E-state index in [0.717, 1.165) is 11.3 Å². The summed E-state index contributed by atoms with van der Waals surface area (Å²) in [5.41, 5.74) is 6.55. The molecule has 1 amide bonds. The number of carbonyl (C=O) groups excluding carboxylic acids is 2. The Morgan fingerprint density at radius 3 is 2.80 bits per heavy atom. The number of hydrogen-bond acceptors (Lipinski definition) is 5. The van der Waals surface area contributed by atoms with Crippen LogP contribution in [0.15, 0.2) is 6.07 Å². The second kappa shape index (κ2) is 5.20. The maximum atomic E-state index is 11.9. The van der Waals surface area contributed by atoms with Gasteiger partial charge in [0.15, 0.2) is 5.69 Å². The van der Waals surface area contributed by atoms with Gasteiger partial charge >= 0.3 is 5.97 Å². The largest absolute Gasteiger partial charge is 0.461 e. The van der Waals surface area contributed by atoms with Gasteiger partial charge in [-0.15, -0.1) is 0 Å². The molecule has 0 bridgehead atoms. The van der Waals surface area contributed by atoms with E-state index in [1.807, 2.05) is 13.8 Å². The molecule has 20 heavy (non-hydrogen) atoms. The Labute approximate surface area is 117 Å². The lowest BCUT2D eigenvalue weighted by molar-refractivity contribution is -0.0414. The molecule has 1 aromatic rings. The highest BCUT2D eigenvalue weighted by Gasteiger charge is 2.30. The van der Waals surface area contributed by atoms with Crippen molar-refractivity contribution in [3.05, 3.63) is 28.6 Å². The highest BCUT2D eigenvalue weighted by Crippen LogP contribution is 2.28. The Morgan fingerprint density at radius 2 is 2.20 bits per heavy atom. The van der Waals surface area contributed by atoms with E-state index < -0.39 is 11.9 Å². The first-order chi connectivity index (χ1) is 9.34. The third kappa shape index (κ3) is 2.80. The van der Waals surface area contributed by atoms with Crippen LogP contribution in [-0.4, -0.2) is 29.1 Å². The van der Waals surface area contributed by atoms with Crippen molar-refractivity contribution in [2.24, 2.45) is 5.73 Å². The molecule has 0 spiro atoms. The van der Waals surface area contributed by atoms with E-state index in [1.54, 1.807) is 13.0 Å². The molecular weight excluding hydrogens is 260 g/mol. The van der Waals surface area contributed by atoms with Crippen LogP contribution in [0.3, 0.4) is 0 Å². The predicted molar refractivity (Wildman–Crippen MR) is 71.3 cm³/mol. The summed E-state index contributed by atoms with van der Waals surface area (Å²) in [6.07, 6.45) is 0.563. The molecule has 0 saturated carbocycles. The van der Waals surface area contributed by atoms with Crippen molar-refractivity contribution in [3.63, 3.8) is 0 Å². The van der Waals surface area contributed by atoms with Gasteiger partial charge in [-0.3, -0.25) is 4.79 Å². The van der Waals surface area contributed by atoms with E-state index in [2.05, 4.69) is 4.98 Å². The fraction of sp³-hybridized carbons (Fsp3) is 0.500. The second-order valence-corrected chi connectivity index (χ2v) is 5.30. The molecule has 0 radical (unpaired) electrons. The zero-order valence-corrected chi connectivity index (χ0v) is 11.9. The molecule has 1 aliphatic rings. The number of ether oxygens (including phenoxy) is 2.